The summed E-state index contributed by atoms with van der Waals surface area (Å²) in [5.41, 5.74) is 2.35. The minimum atomic E-state index is 0.433. The lowest BCUT2D eigenvalue weighted by Crippen LogP contribution is -2.49. The monoisotopic (exact) mass is 321 g/mol. The average Bonchev–Trinajstić information content (AvgIpc) is 3.36. The second-order valence-electron chi connectivity index (χ2n) is 6.56. The smallest absolute Gasteiger partial charge is 0.228 e. The molecule has 2 aliphatic rings. The van der Waals surface area contributed by atoms with E-state index in [1.807, 2.05) is 0 Å². The Labute approximate surface area is 140 Å². The van der Waals surface area contributed by atoms with Crippen molar-refractivity contribution in [3.05, 3.63) is 42.4 Å². The average molecular weight is 321 g/mol. The molecule has 1 saturated carbocycles. The van der Waals surface area contributed by atoms with E-state index in [1.165, 1.54) is 24.2 Å². The summed E-state index contributed by atoms with van der Waals surface area (Å²) in [6.07, 6.45) is 4.27. The van der Waals surface area contributed by atoms with Crippen molar-refractivity contribution >= 4 is 17.0 Å². The van der Waals surface area contributed by atoms with Crippen molar-refractivity contribution in [2.24, 2.45) is 0 Å². The van der Waals surface area contributed by atoms with Gasteiger partial charge in [0.15, 0.2) is 0 Å². The summed E-state index contributed by atoms with van der Waals surface area (Å²) in [7, 11) is 1.63. The minimum Gasteiger partial charge on any atom is -0.481 e. The lowest BCUT2D eigenvalue weighted by atomic mass is 10.1. The van der Waals surface area contributed by atoms with Crippen LogP contribution in [0.4, 0.5) is 5.95 Å². The van der Waals surface area contributed by atoms with Crippen molar-refractivity contribution in [3.8, 4) is 5.88 Å². The summed E-state index contributed by atoms with van der Waals surface area (Å²) in [5.74, 6) is 3.24. The largest absolute Gasteiger partial charge is 0.481 e. The molecule has 3 heterocycles. The van der Waals surface area contributed by atoms with Crippen molar-refractivity contribution in [2.75, 3.05) is 25.1 Å². The van der Waals surface area contributed by atoms with Crippen LogP contribution in [0.25, 0.3) is 11.0 Å². The van der Waals surface area contributed by atoms with Crippen molar-refractivity contribution in [1.82, 2.24) is 19.5 Å². The van der Waals surface area contributed by atoms with Gasteiger partial charge in [-0.3, -0.25) is 0 Å². The maximum Gasteiger partial charge on any atom is 0.228 e. The topological polar surface area (TPSA) is 56.1 Å². The molecule has 1 saturated heterocycles. The van der Waals surface area contributed by atoms with Gasteiger partial charge in [-0.15, -0.1) is 0 Å². The highest BCUT2D eigenvalue weighted by atomic mass is 16.5. The van der Waals surface area contributed by atoms with E-state index in [9.17, 15) is 0 Å². The molecule has 0 bridgehead atoms. The molecule has 3 aromatic rings. The highest BCUT2D eigenvalue weighted by molar-refractivity contribution is 5.76. The van der Waals surface area contributed by atoms with E-state index < -0.39 is 0 Å². The van der Waals surface area contributed by atoms with E-state index in [4.69, 9.17) is 9.72 Å². The van der Waals surface area contributed by atoms with E-state index >= 15 is 0 Å². The maximum atomic E-state index is 5.20. The first-order valence-electron chi connectivity index (χ1n) is 8.42. The fourth-order valence-corrected chi connectivity index (χ4v) is 3.46. The van der Waals surface area contributed by atoms with E-state index in [1.54, 1.807) is 19.4 Å². The molecule has 1 aromatic carbocycles. The Morgan fingerprint density at radius 1 is 1.08 bits per heavy atom. The Morgan fingerprint density at radius 2 is 1.92 bits per heavy atom. The second kappa shape index (κ2) is 5.19. The quantitative estimate of drug-likeness (QED) is 0.739. The van der Waals surface area contributed by atoms with E-state index in [2.05, 4.69) is 43.7 Å². The molecule has 122 valence electrons. The summed E-state index contributed by atoms with van der Waals surface area (Å²) in [6.45, 7) is 1.82. The Kier molecular flexibility index (Phi) is 2.98. The van der Waals surface area contributed by atoms with Crippen LogP contribution < -0.4 is 9.64 Å². The Balaban J connectivity index is 1.44. The molecule has 2 fully saturated rings. The van der Waals surface area contributed by atoms with Gasteiger partial charge in [0.2, 0.25) is 11.8 Å². The molecule has 5 rings (SSSR count). The number of hydrogen-bond donors (Lipinski definition) is 0. The number of para-hydroxylation sites is 2. The van der Waals surface area contributed by atoms with Gasteiger partial charge in [0.1, 0.15) is 5.82 Å². The Bertz CT molecular complexity index is 895. The van der Waals surface area contributed by atoms with Crippen LogP contribution in [0.3, 0.4) is 0 Å². The molecular weight excluding hydrogens is 302 g/mol. The number of rotatable bonds is 4. The number of ether oxygens (including phenoxy) is 1. The molecule has 1 aliphatic carbocycles. The van der Waals surface area contributed by atoms with Crippen LogP contribution in [-0.2, 0) is 0 Å². The third kappa shape index (κ3) is 2.13. The number of hydrogen-bond acceptors (Lipinski definition) is 5. The summed E-state index contributed by atoms with van der Waals surface area (Å²) in [6, 6.07) is 10.7. The molecule has 0 radical (unpaired) electrons. The number of methoxy groups -OCH3 is 1. The molecule has 24 heavy (non-hydrogen) atoms. The summed E-state index contributed by atoms with van der Waals surface area (Å²) < 4.78 is 7.64. The first-order valence-corrected chi connectivity index (χ1v) is 8.42. The van der Waals surface area contributed by atoms with E-state index in [0.29, 0.717) is 17.8 Å². The van der Waals surface area contributed by atoms with E-state index in [0.717, 1.165) is 24.6 Å². The molecule has 0 spiro atoms. The molecule has 0 unspecified atom stereocenters. The summed E-state index contributed by atoms with van der Waals surface area (Å²) >= 11 is 0. The predicted octanol–water partition coefficient (Wildman–Crippen LogP) is 2.77. The zero-order valence-electron chi connectivity index (χ0n) is 13.6. The fourth-order valence-electron chi connectivity index (χ4n) is 3.46. The van der Waals surface area contributed by atoms with Gasteiger partial charge in [-0.2, -0.15) is 4.98 Å². The van der Waals surface area contributed by atoms with Crippen LogP contribution in [0, 0.1) is 0 Å². The molecule has 0 N–H and O–H groups in total. The predicted molar refractivity (Wildman–Crippen MR) is 91.5 cm³/mol. The molecule has 0 amide bonds. The van der Waals surface area contributed by atoms with Gasteiger partial charge in [-0.1, -0.05) is 12.1 Å². The van der Waals surface area contributed by atoms with Crippen molar-refractivity contribution in [3.63, 3.8) is 0 Å². The number of benzene rings is 1. The van der Waals surface area contributed by atoms with Crippen LogP contribution in [0.1, 0.15) is 30.6 Å². The second-order valence-corrected chi connectivity index (χ2v) is 6.56. The van der Waals surface area contributed by atoms with Crippen molar-refractivity contribution in [1.29, 1.82) is 0 Å². The number of anilines is 1. The SMILES string of the molecule is COc1ccnc(N2CC(n3c(C4CC4)nc4ccccc43)C2)n1. The zero-order valence-corrected chi connectivity index (χ0v) is 13.6. The van der Waals surface area contributed by atoms with E-state index in [-0.39, 0.29) is 0 Å². The number of aromatic nitrogens is 4. The van der Waals surface area contributed by atoms with Gasteiger partial charge in [0, 0.05) is 31.3 Å². The third-order valence-corrected chi connectivity index (χ3v) is 4.90. The maximum absolute atomic E-state index is 5.20. The van der Waals surface area contributed by atoms with Crippen molar-refractivity contribution in [2.45, 2.75) is 24.8 Å². The highest BCUT2D eigenvalue weighted by Gasteiger charge is 2.37. The lowest BCUT2D eigenvalue weighted by molar-refractivity contribution is 0.379. The zero-order chi connectivity index (χ0) is 16.1. The third-order valence-electron chi connectivity index (χ3n) is 4.90. The number of imidazole rings is 1. The van der Waals surface area contributed by atoms with Crippen LogP contribution in [-0.4, -0.2) is 39.7 Å². The highest BCUT2D eigenvalue weighted by Crippen LogP contribution is 2.43. The molecule has 6 nitrogen and oxygen atoms in total. The minimum absolute atomic E-state index is 0.433. The first-order chi connectivity index (χ1) is 11.8. The lowest BCUT2D eigenvalue weighted by Gasteiger charge is -2.40. The van der Waals surface area contributed by atoms with Crippen LogP contribution in [0.5, 0.6) is 5.88 Å². The first kappa shape index (κ1) is 13.8. The van der Waals surface area contributed by atoms with Crippen molar-refractivity contribution < 1.29 is 4.74 Å². The fraction of sp³-hybridized carbons (Fsp3) is 0.389. The van der Waals surface area contributed by atoms with Gasteiger partial charge in [0.25, 0.3) is 0 Å². The van der Waals surface area contributed by atoms with Crippen LogP contribution in [0.15, 0.2) is 36.5 Å². The molecule has 1 aliphatic heterocycles. The Morgan fingerprint density at radius 3 is 2.71 bits per heavy atom. The summed E-state index contributed by atoms with van der Waals surface area (Å²) in [5, 5.41) is 0. The van der Waals surface area contributed by atoms with Gasteiger partial charge in [-0.05, 0) is 25.0 Å². The normalized spacial score (nSPS) is 18.0. The van der Waals surface area contributed by atoms with Gasteiger partial charge in [0.05, 0.1) is 24.2 Å². The standard InChI is InChI=1S/C18H19N5O/c1-24-16-8-9-19-18(21-16)22-10-13(11-22)23-15-5-3-2-4-14(15)20-17(23)12-6-7-12/h2-5,8-9,12-13H,6-7,10-11H2,1H3. The molecular formula is C18H19N5O. The number of nitrogens with zero attached hydrogens (tertiary/aromatic N) is 5. The Hall–Kier alpha value is -2.63. The molecule has 6 heteroatoms. The molecule has 0 atom stereocenters. The van der Waals surface area contributed by atoms with Gasteiger partial charge >= 0.3 is 0 Å². The van der Waals surface area contributed by atoms with Crippen LogP contribution in [0.2, 0.25) is 0 Å². The number of fused-ring (bicyclic) bond motifs is 1. The van der Waals surface area contributed by atoms with Gasteiger partial charge < -0.3 is 14.2 Å². The summed E-state index contributed by atoms with van der Waals surface area (Å²) in [4.78, 5) is 15.9. The molecule has 2 aromatic heterocycles. The van der Waals surface area contributed by atoms with Crippen LogP contribution >= 0.6 is 0 Å². The van der Waals surface area contributed by atoms with Gasteiger partial charge in [-0.25, -0.2) is 9.97 Å².